The average molecular weight is 213 g/mol. The Bertz CT molecular complexity index is 477. The van der Waals surface area contributed by atoms with Crippen LogP contribution in [0.4, 0.5) is 0 Å². The standard InChI is InChI=1S/C13H11NO2/c1-16-13(15)11-7-8-12(14-9-11)10-5-3-2-4-6-10/h2-9H,1H3. The number of carbonyl (C=O) groups is 1. The zero-order valence-electron chi connectivity index (χ0n) is 8.88. The zero-order valence-corrected chi connectivity index (χ0v) is 8.88. The lowest BCUT2D eigenvalue weighted by molar-refractivity contribution is 0.0600. The molecule has 0 aliphatic heterocycles. The van der Waals surface area contributed by atoms with Crippen LogP contribution in [-0.2, 0) is 4.74 Å². The van der Waals surface area contributed by atoms with E-state index in [-0.39, 0.29) is 5.97 Å². The van der Waals surface area contributed by atoms with E-state index in [0.29, 0.717) is 5.56 Å². The fourth-order valence-corrected chi connectivity index (χ4v) is 1.41. The Hall–Kier alpha value is -2.16. The Morgan fingerprint density at radius 2 is 1.88 bits per heavy atom. The van der Waals surface area contributed by atoms with Gasteiger partial charge in [0.2, 0.25) is 0 Å². The number of hydrogen-bond acceptors (Lipinski definition) is 3. The third kappa shape index (κ3) is 2.08. The Balaban J connectivity index is 2.30. The van der Waals surface area contributed by atoms with E-state index >= 15 is 0 Å². The van der Waals surface area contributed by atoms with E-state index in [4.69, 9.17) is 0 Å². The molecule has 1 aromatic heterocycles. The fraction of sp³-hybridized carbons (Fsp3) is 0.0769. The van der Waals surface area contributed by atoms with Gasteiger partial charge in [-0.05, 0) is 12.1 Å². The van der Waals surface area contributed by atoms with E-state index in [1.165, 1.54) is 13.3 Å². The van der Waals surface area contributed by atoms with Crippen LogP contribution in [0.2, 0.25) is 0 Å². The van der Waals surface area contributed by atoms with Crippen LogP contribution in [0.1, 0.15) is 10.4 Å². The summed E-state index contributed by atoms with van der Waals surface area (Å²) >= 11 is 0. The van der Waals surface area contributed by atoms with Gasteiger partial charge in [0, 0.05) is 11.8 Å². The third-order valence-corrected chi connectivity index (χ3v) is 2.25. The fourth-order valence-electron chi connectivity index (χ4n) is 1.41. The summed E-state index contributed by atoms with van der Waals surface area (Å²) in [5, 5.41) is 0. The number of methoxy groups -OCH3 is 1. The highest BCUT2D eigenvalue weighted by Gasteiger charge is 2.05. The van der Waals surface area contributed by atoms with Crippen LogP contribution in [-0.4, -0.2) is 18.1 Å². The van der Waals surface area contributed by atoms with Crippen molar-refractivity contribution in [2.75, 3.05) is 7.11 Å². The van der Waals surface area contributed by atoms with Gasteiger partial charge in [0.1, 0.15) is 0 Å². The van der Waals surface area contributed by atoms with Crippen LogP contribution >= 0.6 is 0 Å². The van der Waals surface area contributed by atoms with Gasteiger partial charge < -0.3 is 4.74 Å². The molecule has 0 unspecified atom stereocenters. The maximum Gasteiger partial charge on any atom is 0.339 e. The molecule has 0 N–H and O–H groups in total. The number of pyridine rings is 1. The molecule has 0 radical (unpaired) electrons. The summed E-state index contributed by atoms with van der Waals surface area (Å²) in [5.74, 6) is -0.368. The summed E-state index contributed by atoms with van der Waals surface area (Å²) in [6.45, 7) is 0. The van der Waals surface area contributed by atoms with Crippen LogP contribution in [0.25, 0.3) is 11.3 Å². The number of ether oxygens (including phenoxy) is 1. The highest BCUT2D eigenvalue weighted by atomic mass is 16.5. The normalized spacial score (nSPS) is 9.81. The van der Waals surface area contributed by atoms with Gasteiger partial charge in [0.05, 0.1) is 18.4 Å². The summed E-state index contributed by atoms with van der Waals surface area (Å²) < 4.78 is 4.60. The molecule has 0 amide bonds. The van der Waals surface area contributed by atoms with E-state index in [2.05, 4.69) is 9.72 Å². The number of carbonyl (C=O) groups excluding carboxylic acids is 1. The van der Waals surface area contributed by atoms with Crippen LogP contribution in [0, 0.1) is 0 Å². The number of benzene rings is 1. The van der Waals surface area contributed by atoms with Crippen LogP contribution < -0.4 is 0 Å². The van der Waals surface area contributed by atoms with E-state index in [9.17, 15) is 4.79 Å². The van der Waals surface area contributed by atoms with Gasteiger partial charge in [0.15, 0.2) is 0 Å². The van der Waals surface area contributed by atoms with Crippen molar-refractivity contribution in [2.24, 2.45) is 0 Å². The molecule has 0 atom stereocenters. The predicted octanol–water partition coefficient (Wildman–Crippen LogP) is 2.54. The SMILES string of the molecule is COC(=O)c1ccc(-c2ccccc2)nc1. The number of aromatic nitrogens is 1. The van der Waals surface area contributed by atoms with Crippen molar-refractivity contribution in [2.45, 2.75) is 0 Å². The molecule has 3 heteroatoms. The van der Waals surface area contributed by atoms with E-state index < -0.39 is 0 Å². The molecule has 80 valence electrons. The Labute approximate surface area is 93.7 Å². The molecule has 0 fully saturated rings. The lowest BCUT2D eigenvalue weighted by atomic mass is 10.1. The molecule has 0 aliphatic rings. The molecular formula is C13H11NO2. The first-order chi connectivity index (χ1) is 7.81. The van der Waals surface area contributed by atoms with Crippen LogP contribution in [0.5, 0.6) is 0 Å². The minimum atomic E-state index is -0.368. The van der Waals surface area contributed by atoms with Crippen LogP contribution in [0.3, 0.4) is 0 Å². The van der Waals surface area contributed by atoms with E-state index in [1.54, 1.807) is 6.07 Å². The first-order valence-corrected chi connectivity index (χ1v) is 4.91. The second-order valence-corrected chi connectivity index (χ2v) is 3.29. The molecule has 0 bridgehead atoms. The molecule has 1 aromatic carbocycles. The maximum atomic E-state index is 11.2. The number of rotatable bonds is 2. The van der Waals surface area contributed by atoms with Crippen molar-refractivity contribution in [1.29, 1.82) is 0 Å². The minimum Gasteiger partial charge on any atom is -0.465 e. The highest BCUT2D eigenvalue weighted by molar-refractivity contribution is 5.89. The van der Waals surface area contributed by atoms with Crippen molar-refractivity contribution >= 4 is 5.97 Å². The Kier molecular flexibility index (Phi) is 2.96. The maximum absolute atomic E-state index is 11.2. The minimum absolute atomic E-state index is 0.368. The lowest BCUT2D eigenvalue weighted by Gasteiger charge is -2.01. The van der Waals surface area contributed by atoms with Gasteiger partial charge in [-0.2, -0.15) is 0 Å². The predicted molar refractivity (Wildman–Crippen MR) is 61.0 cm³/mol. The van der Waals surface area contributed by atoms with Crippen LogP contribution in [0.15, 0.2) is 48.7 Å². The lowest BCUT2D eigenvalue weighted by Crippen LogP contribution is -2.01. The van der Waals surface area contributed by atoms with Gasteiger partial charge in [0.25, 0.3) is 0 Å². The molecule has 2 aromatic rings. The van der Waals surface area contributed by atoms with Crippen molar-refractivity contribution < 1.29 is 9.53 Å². The van der Waals surface area contributed by atoms with Gasteiger partial charge in [-0.1, -0.05) is 30.3 Å². The molecule has 16 heavy (non-hydrogen) atoms. The summed E-state index contributed by atoms with van der Waals surface area (Å²) in [7, 11) is 1.35. The van der Waals surface area contributed by atoms with Crippen molar-refractivity contribution in [3.05, 3.63) is 54.2 Å². The first kappa shape index (κ1) is 10.4. The number of esters is 1. The highest BCUT2D eigenvalue weighted by Crippen LogP contribution is 2.16. The summed E-state index contributed by atoms with van der Waals surface area (Å²) in [6.07, 6.45) is 1.52. The molecular weight excluding hydrogens is 202 g/mol. The topological polar surface area (TPSA) is 39.2 Å². The zero-order chi connectivity index (χ0) is 11.4. The molecule has 1 heterocycles. The second-order valence-electron chi connectivity index (χ2n) is 3.29. The van der Waals surface area contributed by atoms with Gasteiger partial charge in [-0.15, -0.1) is 0 Å². The summed E-state index contributed by atoms with van der Waals surface area (Å²) in [4.78, 5) is 15.4. The summed E-state index contributed by atoms with van der Waals surface area (Å²) in [6, 6.07) is 13.3. The molecule has 0 spiro atoms. The van der Waals surface area contributed by atoms with E-state index in [0.717, 1.165) is 11.3 Å². The largest absolute Gasteiger partial charge is 0.465 e. The Morgan fingerprint density at radius 3 is 2.44 bits per heavy atom. The quantitative estimate of drug-likeness (QED) is 0.719. The third-order valence-electron chi connectivity index (χ3n) is 2.25. The molecule has 3 nitrogen and oxygen atoms in total. The van der Waals surface area contributed by atoms with Crippen molar-refractivity contribution in [3.8, 4) is 11.3 Å². The molecule has 0 aliphatic carbocycles. The van der Waals surface area contributed by atoms with Gasteiger partial charge in [-0.25, -0.2) is 4.79 Å². The van der Waals surface area contributed by atoms with Gasteiger partial charge in [-0.3, -0.25) is 4.98 Å². The number of nitrogens with zero attached hydrogens (tertiary/aromatic N) is 1. The average Bonchev–Trinajstić information content (AvgIpc) is 2.39. The summed E-state index contributed by atoms with van der Waals surface area (Å²) in [5.41, 5.74) is 2.33. The first-order valence-electron chi connectivity index (χ1n) is 4.91. The molecule has 0 saturated heterocycles. The van der Waals surface area contributed by atoms with E-state index in [1.807, 2.05) is 36.4 Å². The monoisotopic (exact) mass is 213 g/mol. The smallest absolute Gasteiger partial charge is 0.339 e. The molecule has 0 saturated carbocycles. The van der Waals surface area contributed by atoms with Gasteiger partial charge >= 0.3 is 5.97 Å². The molecule has 2 rings (SSSR count). The number of hydrogen-bond donors (Lipinski definition) is 0. The van der Waals surface area contributed by atoms with Crippen molar-refractivity contribution in [3.63, 3.8) is 0 Å². The van der Waals surface area contributed by atoms with Crippen molar-refractivity contribution in [1.82, 2.24) is 4.98 Å². The second kappa shape index (κ2) is 4.57. The Morgan fingerprint density at radius 1 is 1.12 bits per heavy atom.